The number of ether oxygens (including phenoxy) is 2. The molecule has 0 aliphatic carbocycles. The smallest absolute Gasteiger partial charge is 0.305 e. The van der Waals surface area contributed by atoms with Gasteiger partial charge in [0.2, 0.25) is 0 Å². The first kappa shape index (κ1) is 14.5. The number of benzene rings is 1. The molecular formula is C13H15ClO4. The van der Waals surface area contributed by atoms with Crippen LogP contribution in [0, 0.1) is 0 Å². The quantitative estimate of drug-likeness (QED) is 0.453. The fourth-order valence-corrected chi connectivity index (χ4v) is 1.73. The van der Waals surface area contributed by atoms with Gasteiger partial charge in [-0.1, -0.05) is 0 Å². The molecule has 0 heterocycles. The molecule has 1 aromatic carbocycles. The first-order chi connectivity index (χ1) is 8.62. The van der Waals surface area contributed by atoms with Gasteiger partial charge < -0.3 is 9.47 Å². The van der Waals surface area contributed by atoms with Crippen molar-refractivity contribution in [1.29, 1.82) is 0 Å². The molecule has 5 heteroatoms. The first-order valence-corrected chi connectivity index (χ1v) is 5.98. The van der Waals surface area contributed by atoms with E-state index in [1.807, 2.05) is 0 Å². The Hall–Kier alpha value is -1.55. The highest BCUT2D eigenvalue weighted by Crippen LogP contribution is 2.22. The van der Waals surface area contributed by atoms with Gasteiger partial charge in [-0.25, -0.2) is 0 Å². The summed E-state index contributed by atoms with van der Waals surface area (Å²) in [6.45, 7) is 0. The van der Waals surface area contributed by atoms with E-state index in [0.717, 1.165) is 5.56 Å². The lowest BCUT2D eigenvalue weighted by atomic mass is 10.0. The zero-order valence-corrected chi connectivity index (χ0v) is 11.1. The summed E-state index contributed by atoms with van der Waals surface area (Å²) in [5.41, 5.74) is 1.28. The molecule has 18 heavy (non-hydrogen) atoms. The third kappa shape index (κ3) is 3.74. The van der Waals surface area contributed by atoms with Crippen molar-refractivity contribution < 1.29 is 19.1 Å². The predicted octanol–water partition coefficient (Wildman–Crippen LogP) is 2.57. The molecule has 0 saturated heterocycles. The van der Waals surface area contributed by atoms with Crippen LogP contribution in [0.25, 0.3) is 0 Å². The van der Waals surface area contributed by atoms with Gasteiger partial charge in [-0.05, 0) is 18.2 Å². The van der Waals surface area contributed by atoms with E-state index in [0.29, 0.717) is 11.3 Å². The van der Waals surface area contributed by atoms with Gasteiger partial charge in [0.25, 0.3) is 0 Å². The number of halogens is 1. The molecule has 0 bridgehead atoms. The molecule has 0 N–H and O–H groups in total. The van der Waals surface area contributed by atoms with E-state index < -0.39 is 5.97 Å². The van der Waals surface area contributed by atoms with Crippen molar-refractivity contribution in [3.63, 3.8) is 0 Å². The second-order valence-electron chi connectivity index (χ2n) is 3.66. The van der Waals surface area contributed by atoms with Crippen molar-refractivity contribution in [2.45, 2.75) is 18.7 Å². The van der Waals surface area contributed by atoms with Crippen LogP contribution in [0.15, 0.2) is 18.2 Å². The second-order valence-corrected chi connectivity index (χ2v) is 3.93. The first-order valence-electron chi connectivity index (χ1n) is 5.45. The van der Waals surface area contributed by atoms with Crippen LogP contribution in [0.5, 0.6) is 5.75 Å². The Balaban J connectivity index is 2.77. The lowest BCUT2D eigenvalue weighted by Gasteiger charge is -2.08. The van der Waals surface area contributed by atoms with E-state index in [9.17, 15) is 9.59 Å². The van der Waals surface area contributed by atoms with Crippen molar-refractivity contribution in [2.24, 2.45) is 0 Å². The Morgan fingerprint density at radius 2 is 1.94 bits per heavy atom. The number of hydrogen-bond acceptors (Lipinski definition) is 4. The number of rotatable bonds is 6. The van der Waals surface area contributed by atoms with E-state index in [4.69, 9.17) is 16.3 Å². The van der Waals surface area contributed by atoms with Crippen LogP contribution in [0.1, 0.15) is 28.8 Å². The average Bonchev–Trinajstić information content (AvgIpc) is 2.43. The van der Waals surface area contributed by atoms with Gasteiger partial charge >= 0.3 is 5.97 Å². The Kier molecular flexibility index (Phi) is 5.65. The third-order valence-corrected chi connectivity index (χ3v) is 2.82. The SMILES string of the molecule is COC(=O)CCC(=O)c1ccc(OC)c(CCl)c1. The number of hydrogen-bond donors (Lipinski definition) is 0. The van der Waals surface area contributed by atoms with Crippen molar-refractivity contribution in [3.8, 4) is 5.75 Å². The summed E-state index contributed by atoms with van der Waals surface area (Å²) >= 11 is 5.77. The number of esters is 1. The Morgan fingerprint density at radius 3 is 2.50 bits per heavy atom. The number of alkyl halides is 1. The van der Waals surface area contributed by atoms with Crippen LogP contribution < -0.4 is 4.74 Å². The van der Waals surface area contributed by atoms with Crippen molar-refractivity contribution in [3.05, 3.63) is 29.3 Å². The minimum absolute atomic E-state index is 0.0809. The van der Waals surface area contributed by atoms with Gasteiger partial charge in [0.1, 0.15) is 5.75 Å². The number of ketones is 1. The molecule has 0 saturated carbocycles. The fourth-order valence-electron chi connectivity index (χ4n) is 1.52. The van der Waals surface area contributed by atoms with Gasteiger partial charge in [0.15, 0.2) is 5.78 Å². The summed E-state index contributed by atoms with van der Waals surface area (Å²) in [7, 11) is 2.84. The van der Waals surface area contributed by atoms with E-state index >= 15 is 0 Å². The van der Waals surface area contributed by atoms with E-state index in [-0.39, 0.29) is 24.5 Å². The highest BCUT2D eigenvalue weighted by atomic mass is 35.5. The molecule has 1 aromatic rings. The van der Waals surface area contributed by atoms with Crippen molar-refractivity contribution in [1.82, 2.24) is 0 Å². The van der Waals surface area contributed by atoms with Crippen LogP contribution in [-0.2, 0) is 15.4 Å². The molecular weight excluding hydrogens is 256 g/mol. The lowest BCUT2D eigenvalue weighted by molar-refractivity contribution is -0.140. The van der Waals surface area contributed by atoms with Gasteiger partial charge in [-0.3, -0.25) is 9.59 Å². The van der Waals surface area contributed by atoms with Crippen LogP contribution in [-0.4, -0.2) is 26.0 Å². The average molecular weight is 271 g/mol. The molecule has 0 amide bonds. The largest absolute Gasteiger partial charge is 0.496 e. The third-order valence-electron chi connectivity index (χ3n) is 2.53. The lowest BCUT2D eigenvalue weighted by Crippen LogP contribution is -2.06. The summed E-state index contributed by atoms with van der Waals surface area (Å²) in [4.78, 5) is 22.8. The zero-order chi connectivity index (χ0) is 13.5. The Labute approximate surface area is 111 Å². The minimum atomic E-state index is -0.394. The summed E-state index contributed by atoms with van der Waals surface area (Å²) in [6.07, 6.45) is 0.207. The molecule has 1 rings (SSSR count). The van der Waals surface area contributed by atoms with E-state index in [1.165, 1.54) is 7.11 Å². The predicted molar refractivity (Wildman–Crippen MR) is 68.1 cm³/mol. The normalized spacial score (nSPS) is 9.94. The number of carbonyl (C=O) groups excluding carboxylic acids is 2. The highest BCUT2D eigenvalue weighted by Gasteiger charge is 2.11. The van der Waals surface area contributed by atoms with E-state index in [1.54, 1.807) is 25.3 Å². The number of Topliss-reactive ketones (excluding diaryl/α,β-unsaturated/α-hetero) is 1. The summed E-state index contributed by atoms with van der Waals surface area (Å²) in [5.74, 6) is 0.403. The maximum atomic E-state index is 11.8. The maximum Gasteiger partial charge on any atom is 0.305 e. The molecule has 0 fully saturated rings. The summed E-state index contributed by atoms with van der Waals surface area (Å²) < 4.78 is 9.60. The van der Waals surface area contributed by atoms with E-state index in [2.05, 4.69) is 4.74 Å². The minimum Gasteiger partial charge on any atom is -0.496 e. The Bertz CT molecular complexity index is 443. The highest BCUT2D eigenvalue weighted by molar-refractivity contribution is 6.17. The van der Waals surface area contributed by atoms with Gasteiger partial charge in [-0.2, -0.15) is 0 Å². The number of methoxy groups -OCH3 is 2. The molecule has 0 aliphatic heterocycles. The molecule has 4 nitrogen and oxygen atoms in total. The zero-order valence-electron chi connectivity index (χ0n) is 10.4. The van der Waals surface area contributed by atoms with Crippen LogP contribution >= 0.6 is 11.6 Å². The van der Waals surface area contributed by atoms with Crippen LogP contribution in [0.2, 0.25) is 0 Å². The van der Waals surface area contributed by atoms with Crippen molar-refractivity contribution >= 4 is 23.4 Å². The van der Waals surface area contributed by atoms with Crippen LogP contribution in [0.4, 0.5) is 0 Å². The molecule has 0 radical (unpaired) electrons. The molecule has 0 aliphatic rings. The number of carbonyl (C=O) groups is 2. The molecule has 0 spiro atoms. The molecule has 98 valence electrons. The van der Waals surface area contributed by atoms with Gasteiger partial charge in [-0.15, -0.1) is 11.6 Å². The topological polar surface area (TPSA) is 52.6 Å². The fraction of sp³-hybridized carbons (Fsp3) is 0.385. The Morgan fingerprint density at radius 1 is 1.22 bits per heavy atom. The standard InChI is InChI=1S/C13H15ClO4/c1-17-12-5-3-9(7-10(12)8-14)11(15)4-6-13(16)18-2/h3,5,7H,4,6,8H2,1-2H3. The monoisotopic (exact) mass is 270 g/mol. The molecule has 0 unspecified atom stereocenters. The summed E-state index contributed by atoms with van der Waals surface area (Å²) in [5, 5.41) is 0. The van der Waals surface area contributed by atoms with Crippen molar-refractivity contribution in [2.75, 3.05) is 14.2 Å². The van der Waals surface area contributed by atoms with Gasteiger partial charge in [0, 0.05) is 17.5 Å². The second kappa shape index (κ2) is 7.01. The van der Waals surface area contributed by atoms with Crippen LogP contribution in [0.3, 0.4) is 0 Å². The van der Waals surface area contributed by atoms with Gasteiger partial charge in [0.05, 0.1) is 26.5 Å². The maximum absolute atomic E-state index is 11.8. The molecule has 0 aromatic heterocycles. The molecule has 0 atom stereocenters. The summed E-state index contributed by atoms with van der Waals surface area (Å²) in [6, 6.07) is 5.04.